The van der Waals surface area contributed by atoms with Gasteiger partial charge in [0, 0.05) is 17.9 Å². The Bertz CT molecular complexity index is 301. The number of carbonyl (C=O) groups is 2. The summed E-state index contributed by atoms with van der Waals surface area (Å²) < 4.78 is 0. The molecule has 0 aromatic carbocycles. The summed E-state index contributed by atoms with van der Waals surface area (Å²) in [6, 6.07) is 0. The Balaban J connectivity index is 3.96. The first-order valence-electron chi connectivity index (χ1n) is 8.93. The van der Waals surface area contributed by atoms with Crippen LogP contribution in [0.3, 0.4) is 0 Å². The molecule has 0 aromatic heterocycles. The minimum atomic E-state index is -0.991. The molecule has 0 aliphatic heterocycles. The van der Waals surface area contributed by atoms with E-state index >= 15 is 0 Å². The van der Waals surface area contributed by atoms with E-state index in [4.69, 9.17) is 0 Å². The lowest BCUT2D eigenvalue weighted by Crippen LogP contribution is -2.36. The van der Waals surface area contributed by atoms with E-state index in [-0.39, 0.29) is 18.3 Å². The summed E-state index contributed by atoms with van der Waals surface area (Å²) in [5.74, 6) is -1.99. The van der Waals surface area contributed by atoms with Crippen molar-refractivity contribution in [3.63, 3.8) is 0 Å². The van der Waals surface area contributed by atoms with Crippen molar-refractivity contribution in [3.05, 3.63) is 0 Å². The van der Waals surface area contributed by atoms with Crippen molar-refractivity contribution in [3.8, 4) is 0 Å². The van der Waals surface area contributed by atoms with Gasteiger partial charge in [-0.25, -0.2) is 0 Å². The molecule has 0 saturated heterocycles. The molecule has 2 unspecified atom stereocenters. The van der Waals surface area contributed by atoms with Crippen molar-refractivity contribution >= 4 is 11.9 Å². The van der Waals surface area contributed by atoms with Crippen LogP contribution in [0, 0.1) is 11.8 Å². The fourth-order valence-electron chi connectivity index (χ4n) is 3.06. The first-order valence-corrected chi connectivity index (χ1v) is 8.93. The number of aliphatic carboxylic acids is 2. The largest absolute Gasteiger partial charge is 0.550 e. The fourth-order valence-corrected chi connectivity index (χ4v) is 3.06. The molecular weight excluding hydrogens is 280 g/mol. The van der Waals surface area contributed by atoms with Gasteiger partial charge in [-0.2, -0.15) is 0 Å². The van der Waals surface area contributed by atoms with Crippen LogP contribution < -0.4 is 10.2 Å². The zero-order chi connectivity index (χ0) is 16.8. The highest BCUT2D eigenvalue weighted by Gasteiger charge is 2.20. The van der Waals surface area contributed by atoms with E-state index in [0.29, 0.717) is 12.8 Å². The number of carboxylic acid groups (broad SMARTS) is 2. The van der Waals surface area contributed by atoms with Crippen LogP contribution in [0.5, 0.6) is 0 Å². The SMILES string of the molecule is CCCCCC(CC)C(CCCCCCCC(=O)[O-])C(=O)[O-]. The molecule has 0 bridgehead atoms. The monoisotopic (exact) mass is 312 g/mol. The molecule has 0 rings (SSSR count). The van der Waals surface area contributed by atoms with Crippen LogP contribution in [-0.2, 0) is 9.59 Å². The van der Waals surface area contributed by atoms with E-state index in [0.717, 1.165) is 57.8 Å². The first kappa shape index (κ1) is 20.9. The predicted octanol–water partition coefficient (Wildman–Crippen LogP) is 2.44. The van der Waals surface area contributed by atoms with Crippen LogP contribution in [-0.4, -0.2) is 11.9 Å². The summed E-state index contributed by atoms with van der Waals surface area (Å²) >= 11 is 0. The molecule has 4 nitrogen and oxygen atoms in total. The molecule has 0 fully saturated rings. The molecule has 4 heteroatoms. The first-order chi connectivity index (χ1) is 10.5. The van der Waals surface area contributed by atoms with E-state index in [9.17, 15) is 19.8 Å². The normalized spacial score (nSPS) is 13.7. The van der Waals surface area contributed by atoms with E-state index in [1.165, 1.54) is 0 Å². The summed E-state index contributed by atoms with van der Waals surface area (Å²) in [7, 11) is 0. The van der Waals surface area contributed by atoms with Crippen molar-refractivity contribution in [2.24, 2.45) is 11.8 Å². The predicted molar refractivity (Wildman–Crippen MR) is 83.7 cm³/mol. The van der Waals surface area contributed by atoms with Crippen LogP contribution in [0.15, 0.2) is 0 Å². The van der Waals surface area contributed by atoms with Crippen molar-refractivity contribution in [1.82, 2.24) is 0 Å². The quantitative estimate of drug-likeness (QED) is 0.435. The molecule has 130 valence electrons. The van der Waals surface area contributed by atoms with Crippen LogP contribution in [0.25, 0.3) is 0 Å². The summed E-state index contributed by atoms with van der Waals surface area (Å²) in [6.45, 7) is 4.21. The van der Waals surface area contributed by atoms with Crippen molar-refractivity contribution in [2.45, 2.75) is 90.9 Å². The second-order valence-corrected chi connectivity index (χ2v) is 6.27. The minimum Gasteiger partial charge on any atom is -0.550 e. The zero-order valence-corrected chi connectivity index (χ0v) is 14.3. The summed E-state index contributed by atoms with van der Waals surface area (Å²) in [5.41, 5.74) is 0. The number of hydrogen-bond acceptors (Lipinski definition) is 4. The van der Waals surface area contributed by atoms with Crippen LogP contribution in [0.4, 0.5) is 0 Å². The van der Waals surface area contributed by atoms with Gasteiger partial charge in [0.15, 0.2) is 0 Å². The average molecular weight is 312 g/mol. The van der Waals surface area contributed by atoms with Crippen molar-refractivity contribution < 1.29 is 19.8 Å². The molecule has 0 aromatic rings. The van der Waals surface area contributed by atoms with Crippen molar-refractivity contribution in [2.75, 3.05) is 0 Å². The van der Waals surface area contributed by atoms with E-state index < -0.39 is 11.9 Å². The number of carbonyl (C=O) groups excluding carboxylic acids is 2. The maximum Gasteiger partial charge on any atom is 0.0448 e. The van der Waals surface area contributed by atoms with Gasteiger partial charge in [0.25, 0.3) is 0 Å². The third-order valence-corrected chi connectivity index (χ3v) is 4.47. The van der Waals surface area contributed by atoms with Gasteiger partial charge in [0.2, 0.25) is 0 Å². The molecule has 0 aliphatic rings. The smallest absolute Gasteiger partial charge is 0.0448 e. The second kappa shape index (κ2) is 13.6. The number of hydrogen-bond donors (Lipinski definition) is 0. The van der Waals surface area contributed by atoms with Crippen LogP contribution in [0.1, 0.15) is 90.9 Å². The Morgan fingerprint density at radius 1 is 0.818 bits per heavy atom. The fraction of sp³-hybridized carbons (Fsp3) is 0.889. The molecule has 0 aliphatic carbocycles. The Morgan fingerprint density at radius 2 is 1.41 bits per heavy atom. The molecule has 0 spiro atoms. The number of rotatable bonds is 15. The molecule has 0 heterocycles. The van der Waals surface area contributed by atoms with Crippen LogP contribution >= 0.6 is 0 Å². The Morgan fingerprint density at radius 3 is 1.95 bits per heavy atom. The maximum atomic E-state index is 11.4. The minimum absolute atomic E-state index is 0.122. The van der Waals surface area contributed by atoms with Gasteiger partial charge in [-0.15, -0.1) is 0 Å². The van der Waals surface area contributed by atoms with Gasteiger partial charge in [-0.3, -0.25) is 0 Å². The van der Waals surface area contributed by atoms with Gasteiger partial charge in [-0.1, -0.05) is 65.2 Å². The summed E-state index contributed by atoms with van der Waals surface area (Å²) in [6.07, 6.45) is 10.4. The Kier molecular flexibility index (Phi) is 12.9. The lowest BCUT2D eigenvalue weighted by atomic mass is 9.82. The van der Waals surface area contributed by atoms with Gasteiger partial charge in [-0.05, 0) is 31.6 Å². The lowest BCUT2D eigenvalue weighted by molar-refractivity contribution is -0.314. The highest BCUT2D eigenvalue weighted by Crippen LogP contribution is 2.27. The Labute approximate surface area is 135 Å². The molecule has 0 amide bonds. The van der Waals surface area contributed by atoms with Gasteiger partial charge < -0.3 is 19.8 Å². The van der Waals surface area contributed by atoms with E-state index in [1.54, 1.807) is 0 Å². The summed E-state index contributed by atoms with van der Waals surface area (Å²) in [5, 5.41) is 21.7. The zero-order valence-electron chi connectivity index (χ0n) is 14.3. The maximum absolute atomic E-state index is 11.4. The molecule has 22 heavy (non-hydrogen) atoms. The Hall–Kier alpha value is -1.06. The summed E-state index contributed by atoms with van der Waals surface area (Å²) in [4.78, 5) is 21.7. The number of unbranched alkanes of at least 4 members (excludes halogenated alkanes) is 6. The lowest BCUT2D eigenvalue weighted by Gasteiger charge is -2.27. The molecule has 0 N–H and O–H groups in total. The van der Waals surface area contributed by atoms with Gasteiger partial charge >= 0.3 is 0 Å². The van der Waals surface area contributed by atoms with Gasteiger partial charge in [0.05, 0.1) is 0 Å². The van der Waals surface area contributed by atoms with Crippen LogP contribution in [0.2, 0.25) is 0 Å². The van der Waals surface area contributed by atoms with Gasteiger partial charge in [0.1, 0.15) is 0 Å². The number of carboxylic acids is 2. The standard InChI is InChI=1S/C18H34O4/c1-3-5-9-12-15(4-2)16(18(21)22)13-10-7-6-8-11-14-17(19)20/h15-16H,3-14H2,1-2H3,(H,19,20)(H,21,22)/p-2. The third-order valence-electron chi connectivity index (χ3n) is 4.47. The molecule has 0 saturated carbocycles. The molecule has 2 atom stereocenters. The second-order valence-electron chi connectivity index (χ2n) is 6.27. The highest BCUT2D eigenvalue weighted by atomic mass is 16.4. The van der Waals surface area contributed by atoms with Crippen molar-refractivity contribution in [1.29, 1.82) is 0 Å². The third kappa shape index (κ3) is 10.6. The topological polar surface area (TPSA) is 80.3 Å². The average Bonchev–Trinajstić information content (AvgIpc) is 2.47. The highest BCUT2D eigenvalue weighted by molar-refractivity contribution is 5.67. The van der Waals surface area contributed by atoms with E-state index in [2.05, 4.69) is 13.8 Å². The molecular formula is C18H32O4-2. The molecule has 0 radical (unpaired) electrons. The van der Waals surface area contributed by atoms with E-state index in [1.807, 2.05) is 0 Å².